The number of nitrogens with zero attached hydrogens (tertiary/aromatic N) is 3. The van der Waals surface area contributed by atoms with Gasteiger partial charge in [-0.3, -0.25) is 4.79 Å². The first-order valence-corrected chi connectivity index (χ1v) is 7.72. The standard InChI is InChI=1S/C18H19FN4O/c1-18(2,3)17(20-16(24)12-8-10-13(19)11-9-12)23-15-7-5-4-6-14(15)21-22-23/h4-11,17H,1-3H3,(H,20,24). The number of para-hydroxylation sites is 1. The van der Waals surface area contributed by atoms with Gasteiger partial charge in [-0.2, -0.15) is 0 Å². The predicted molar refractivity (Wildman–Crippen MR) is 89.9 cm³/mol. The highest BCUT2D eigenvalue weighted by molar-refractivity contribution is 5.94. The summed E-state index contributed by atoms with van der Waals surface area (Å²) < 4.78 is 14.8. The van der Waals surface area contributed by atoms with E-state index >= 15 is 0 Å². The van der Waals surface area contributed by atoms with Gasteiger partial charge in [-0.25, -0.2) is 9.07 Å². The van der Waals surface area contributed by atoms with Crippen molar-refractivity contribution in [2.75, 3.05) is 0 Å². The van der Waals surface area contributed by atoms with Crippen molar-refractivity contribution in [2.24, 2.45) is 5.41 Å². The molecule has 1 amide bonds. The van der Waals surface area contributed by atoms with Crippen LogP contribution in [0, 0.1) is 11.2 Å². The first-order valence-electron chi connectivity index (χ1n) is 7.72. The molecule has 1 N–H and O–H groups in total. The molecule has 0 aliphatic rings. The molecule has 0 spiro atoms. The van der Waals surface area contributed by atoms with Gasteiger partial charge < -0.3 is 5.32 Å². The van der Waals surface area contributed by atoms with Crippen LogP contribution in [0.15, 0.2) is 48.5 Å². The van der Waals surface area contributed by atoms with Gasteiger partial charge in [0.25, 0.3) is 5.91 Å². The molecule has 6 heteroatoms. The second-order valence-corrected chi connectivity index (χ2v) is 6.77. The van der Waals surface area contributed by atoms with Crippen LogP contribution in [0.5, 0.6) is 0 Å². The van der Waals surface area contributed by atoms with E-state index in [0.29, 0.717) is 5.56 Å². The van der Waals surface area contributed by atoms with Crippen LogP contribution in [-0.4, -0.2) is 20.9 Å². The van der Waals surface area contributed by atoms with Crippen LogP contribution in [0.25, 0.3) is 11.0 Å². The lowest BCUT2D eigenvalue weighted by atomic mass is 9.92. The Morgan fingerprint density at radius 3 is 2.46 bits per heavy atom. The van der Waals surface area contributed by atoms with Crippen LogP contribution in [0.4, 0.5) is 4.39 Å². The van der Waals surface area contributed by atoms with Crippen LogP contribution < -0.4 is 5.32 Å². The second kappa shape index (κ2) is 6.03. The Hall–Kier alpha value is -2.76. The molecule has 0 saturated heterocycles. The molecule has 1 atom stereocenters. The lowest BCUT2D eigenvalue weighted by Gasteiger charge is -2.31. The van der Waals surface area contributed by atoms with E-state index in [1.807, 2.05) is 45.0 Å². The molecule has 0 fully saturated rings. The maximum absolute atomic E-state index is 13.0. The molecule has 1 unspecified atom stereocenters. The summed E-state index contributed by atoms with van der Waals surface area (Å²) in [6, 6.07) is 13.1. The Kier molecular flexibility index (Phi) is 4.05. The molecule has 3 aromatic rings. The van der Waals surface area contributed by atoms with E-state index in [9.17, 15) is 9.18 Å². The van der Waals surface area contributed by atoms with Crippen LogP contribution in [0.3, 0.4) is 0 Å². The number of halogens is 1. The number of rotatable bonds is 3. The predicted octanol–water partition coefficient (Wildman–Crippen LogP) is 3.55. The molecule has 1 aromatic heterocycles. The second-order valence-electron chi connectivity index (χ2n) is 6.77. The van der Waals surface area contributed by atoms with Crippen LogP contribution in [0.1, 0.15) is 37.3 Å². The zero-order valence-corrected chi connectivity index (χ0v) is 13.8. The number of hydrogen-bond acceptors (Lipinski definition) is 3. The summed E-state index contributed by atoms with van der Waals surface area (Å²) in [5, 5.41) is 11.4. The Bertz CT molecular complexity index is 865. The van der Waals surface area contributed by atoms with Gasteiger partial charge in [-0.05, 0) is 36.4 Å². The number of fused-ring (bicyclic) bond motifs is 1. The maximum atomic E-state index is 13.0. The van der Waals surface area contributed by atoms with Gasteiger partial charge >= 0.3 is 0 Å². The molecule has 124 valence electrons. The van der Waals surface area contributed by atoms with E-state index in [-0.39, 0.29) is 17.1 Å². The van der Waals surface area contributed by atoms with Crippen molar-refractivity contribution < 1.29 is 9.18 Å². The minimum atomic E-state index is -0.401. The van der Waals surface area contributed by atoms with E-state index in [1.54, 1.807) is 4.68 Å². The van der Waals surface area contributed by atoms with Gasteiger partial charge in [0.15, 0.2) is 0 Å². The zero-order chi connectivity index (χ0) is 17.3. The molecule has 3 rings (SSSR count). The van der Waals surface area contributed by atoms with Crippen LogP contribution >= 0.6 is 0 Å². The molecular weight excluding hydrogens is 307 g/mol. The summed E-state index contributed by atoms with van der Waals surface area (Å²) in [5.74, 6) is -0.657. The summed E-state index contributed by atoms with van der Waals surface area (Å²) in [4.78, 5) is 12.5. The molecule has 5 nitrogen and oxygen atoms in total. The third kappa shape index (κ3) is 3.13. The van der Waals surface area contributed by atoms with Crippen LogP contribution in [0.2, 0.25) is 0 Å². The largest absolute Gasteiger partial charge is 0.330 e. The fraction of sp³-hybridized carbons (Fsp3) is 0.278. The van der Waals surface area contributed by atoms with Crippen molar-refractivity contribution >= 4 is 16.9 Å². The van der Waals surface area contributed by atoms with E-state index in [0.717, 1.165) is 11.0 Å². The average molecular weight is 326 g/mol. The first-order chi connectivity index (χ1) is 11.4. The number of amides is 1. The first kappa shape index (κ1) is 16.1. The van der Waals surface area contributed by atoms with Crippen LogP contribution in [-0.2, 0) is 0 Å². The fourth-order valence-electron chi connectivity index (χ4n) is 2.53. The third-order valence-electron chi connectivity index (χ3n) is 3.82. The third-order valence-corrected chi connectivity index (χ3v) is 3.82. The van der Waals surface area contributed by atoms with Crippen molar-refractivity contribution in [3.8, 4) is 0 Å². The Balaban J connectivity index is 1.96. The van der Waals surface area contributed by atoms with Gasteiger partial charge in [0, 0.05) is 11.0 Å². The zero-order valence-electron chi connectivity index (χ0n) is 13.8. The normalized spacial score (nSPS) is 13.0. The lowest BCUT2D eigenvalue weighted by Crippen LogP contribution is -2.41. The molecule has 0 aliphatic carbocycles. The number of aromatic nitrogens is 3. The van der Waals surface area contributed by atoms with Crippen molar-refractivity contribution in [1.82, 2.24) is 20.3 Å². The van der Waals surface area contributed by atoms with Gasteiger partial charge in [0.2, 0.25) is 0 Å². The lowest BCUT2D eigenvalue weighted by molar-refractivity contribution is 0.0843. The van der Waals surface area contributed by atoms with Crippen molar-refractivity contribution in [3.63, 3.8) is 0 Å². The molecule has 0 saturated carbocycles. The van der Waals surface area contributed by atoms with E-state index in [4.69, 9.17) is 0 Å². The number of carbonyl (C=O) groups is 1. The highest BCUT2D eigenvalue weighted by Gasteiger charge is 2.30. The minimum Gasteiger partial charge on any atom is -0.330 e. The molecule has 0 bridgehead atoms. The summed E-state index contributed by atoms with van der Waals surface area (Å²) in [6.45, 7) is 6.04. The minimum absolute atomic E-state index is 0.283. The molecule has 0 aliphatic heterocycles. The molecule has 1 heterocycles. The molecule has 24 heavy (non-hydrogen) atoms. The molecular formula is C18H19FN4O. The van der Waals surface area contributed by atoms with Crippen molar-refractivity contribution in [3.05, 3.63) is 59.9 Å². The maximum Gasteiger partial charge on any atom is 0.252 e. The molecule has 0 radical (unpaired) electrons. The Morgan fingerprint density at radius 1 is 1.12 bits per heavy atom. The van der Waals surface area contributed by atoms with E-state index in [1.165, 1.54) is 24.3 Å². The van der Waals surface area contributed by atoms with Crippen molar-refractivity contribution in [1.29, 1.82) is 0 Å². The summed E-state index contributed by atoms with van der Waals surface area (Å²) >= 11 is 0. The summed E-state index contributed by atoms with van der Waals surface area (Å²) in [5.41, 5.74) is 1.71. The Labute approximate surface area is 139 Å². The van der Waals surface area contributed by atoms with Gasteiger partial charge in [-0.15, -0.1) is 5.10 Å². The number of benzene rings is 2. The van der Waals surface area contributed by atoms with Gasteiger partial charge in [0.1, 0.15) is 17.5 Å². The highest BCUT2D eigenvalue weighted by Crippen LogP contribution is 2.30. The highest BCUT2D eigenvalue weighted by atomic mass is 19.1. The SMILES string of the molecule is CC(C)(C)C(NC(=O)c1ccc(F)cc1)n1nnc2ccccc21. The monoisotopic (exact) mass is 326 g/mol. The quantitative estimate of drug-likeness (QED) is 0.801. The number of hydrogen-bond donors (Lipinski definition) is 1. The average Bonchev–Trinajstić information content (AvgIpc) is 2.95. The van der Waals surface area contributed by atoms with Gasteiger partial charge in [0.05, 0.1) is 5.52 Å². The Morgan fingerprint density at radius 2 is 1.79 bits per heavy atom. The molecule has 2 aromatic carbocycles. The van der Waals surface area contributed by atoms with E-state index in [2.05, 4.69) is 15.6 Å². The smallest absolute Gasteiger partial charge is 0.252 e. The number of carbonyl (C=O) groups excluding carboxylic acids is 1. The number of nitrogens with one attached hydrogen (secondary N) is 1. The van der Waals surface area contributed by atoms with Gasteiger partial charge in [-0.1, -0.05) is 38.1 Å². The summed E-state index contributed by atoms with van der Waals surface area (Å²) in [7, 11) is 0. The van der Waals surface area contributed by atoms with E-state index < -0.39 is 6.17 Å². The summed E-state index contributed by atoms with van der Waals surface area (Å²) in [6.07, 6.45) is -0.401. The fourth-order valence-corrected chi connectivity index (χ4v) is 2.53. The van der Waals surface area contributed by atoms with Crippen molar-refractivity contribution in [2.45, 2.75) is 26.9 Å². The topological polar surface area (TPSA) is 59.8 Å².